The number of amides is 1. The van der Waals surface area contributed by atoms with Crippen LogP contribution in [0.5, 0.6) is 0 Å². The highest BCUT2D eigenvalue weighted by Crippen LogP contribution is 2.27. The third-order valence-corrected chi connectivity index (χ3v) is 4.12. The molecule has 2 aromatic rings. The summed E-state index contributed by atoms with van der Waals surface area (Å²) in [6, 6.07) is 7.93. The number of hydrogen-bond acceptors (Lipinski definition) is 3. The number of allylic oxidation sites excluding steroid dienone is 2. The van der Waals surface area contributed by atoms with Crippen molar-refractivity contribution < 1.29 is 4.79 Å². The summed E-state index contributed by atoms with van der Waals surface area (Å²) in [5.74, 6) is 0.195. The van der Waals surface area contributed by atoms with Crippen molar-refractivity contribution in [2.24, 2.45) is 5.92 Å². The highest BCUT2D eigenvalue weighted by atomic mass is 32.1. The van der Waals surface area contributed by atoms with E-state index < -0.39 is 0 Å². The van der Waals surface area contributed by atoms with E-state index in [-0.39, 0.29) is 11.8 Å². The molecule has 0 aliphatic heterocycles. The van der Waals surface area contributed by atoms with Crippen LogP contribution >= 0.6 is 11.3 Å². The number of carbonyl (C=O) groups is 1. The van der Waals surface area contributed by atoms with Crippen LogP contribution in [0.4, 0.5) is 5.13 Å². The highest BCUT2D eigenvalue weighted by molar-refractivity contribution is 7.22. The van der Waals surface area contributed by atoms with Gasteiger partial charge in [0.25, 0.3) is 0 Å². The number of fused-ring (bicyclic) bond motifs is 1. The van der Waals surface area contributed by atoms with Crippen molar-refractivity contribution in [2.45, 2.75) is 19.3 Å². The first kappa shape index (κ1) is 11.4. The van der Waals surface area contributed by atoms with Gasteiger partial charge in [-0.3, -0.25) is 4.79 Å². The molecule has 1 aromatic carbocycles. The Hall–Kier alpha value is -1.68. The summed E-state index contributed by atoms with van der Waals surface area (Å²) in [5.41, 5.74) is 0.946. The topological polar surface area (TPSA) is 42.0 Å². The first-order chi connectivity index (χ1) is 8.83. The quantitative estimate of drug-likeness (QED) is 0.836. The van der Waals surface area contributed by atoms with E-state index in [2.05, 4.69) is 22.5 Å². The lowest BCUT2D eigenvalue weighted by molar-refractivity contribution is -0.120. The van der Waals surface area contributed by atoms with Gasteiger partial charge in [0, 0.05) is 5.92 Å². The van der Waals surface area contributed by atoms with Gasteiger partial charge in [0.2, 0.25) is 5.91 Å². The SMILES string of the molecule is O=C(Nc1nc2ccccc2s1)[C@H]1CC=CCC1. The Balaban J connectivity index is 1.75. The average Bonchev–Trinajstić information content (AvgIpc) is 2.82. The van der Waals surface area contributed by atoms with Gasteiger partial charge in [-0.25, -0.2) is 4.98 Å². The van der Waals surface area contributed by atoms with E-state index in [1.807, 2.05) is 24.3 Å². The Labute approximate surface area is 110 Å². The maximum absolute atomic E-state index is 12.1. The standard InChI is InChI=1S/C14H14N2OS/c17-13(10-6-2-1-3-7-10)16-14-15-11-8-4-5-9-12(11)18-14/h1-2,4-5,8-10H,3,6-7H2,(H,15,16,17)/t10-/m0/s1. The lowest BCUT2D eigenvalue weighted by atomic mass is 9.94. The number of thiazole rings is 1. The lowest BCUT2D eigenvalue weighted by Crippen LogP contribution is -2.23. The van der Waals surface area contributed by atoms with Crippen molar-refractivity contribution in [3.8, 4) is 0 Å². The monoisotopic (exact) mass is 258 g/mol. The summed E-state index contributed by atoms with van der Waals surface area (Å²) >= 11 is 1.53. The van der Waals surface area contributed by atoms with Gasteiger partial charge in [0.15, 0.2) is 5.13 Å². The fourth-order valence-electron chi connectivity index (χ4n) is 2.16. The van der Waals surface area contributed by atoms with E-state index in [4.69, 9.17) is 0 Å². The largest absolute Gasteiger partial charge is 0.302 e. The minimum atomic E-state index is 0.0957. The van der Waals surface area contributed by atoms with Gasteiger partial charge >= 0.3 is 0 Å². The highest BCUT2D eigenvalue weighted by Gasteiger charge is 2.19. The van der Waals surface area contributed by atoms with Crippen LogP contribution in [0.2, 0.25) is 0 Å². The van der Waals surface area contributed by atoms with Crippen molar-refractivity contribution >= 4 is 32.6 Å². The van der Waals surface area contributed by atoms with E-state index >= 15 is 0 Å². The van der Waals surface area contributed by atoms with Gasteiger partial charge in [-0.1, -0.05) is 35.6 Å². The summed E-state index contributed by atoms with van der Waals surface area (Å²) in [4.78, 5) is 16.5. The average molecular weight is 258 g/mol. The predicted molar refractivity (Wildman–Crippen MR) is 74.7 cm³/mol. The number of para-hydroxylation sites is 1. The lowest BCUT2D eigenvalue weighted by Gasteiger charge is -2.15. The smallest absolute Gasteiger partial charge is 0.229 e. The van der Waals surface area contributed by atoms with Crippen LogP contribution in [0.1, 0.15) is 19.3 Å². The molecule has 1 aromatic heterocycles. The van der Waals surface area contributed by atoms with Gasteiger partial charge in [0.05, 0.1) is 10.2 Å². The van der Waals surface area contributed by atoms with Crippen molar-refractivity contribution in [3.63, 3.8) is 0 Å². The number of hydrogen-bond donors (Lipinski definition) is 1. The molecule has 18 heavy (non-hydrogen) atoms. The molecule has 3 rings (SSSR count). The molecule has 0 saturated heterocycles. The number of rotatable bonds is 2. The van der Waals surface area contributed by atoms with Crippen molar-refractivity contribution in [1.29, 1.82) is 0 Å². The summed E-state index contributed by atoms with van der Waals surface area (Å²) in [6.45, 7) is 0. The Morgan fingerprint density at radius 3 is 3.00 bits per heavy atom. The first-order valence-corrected chi connectivity index (χ1v) is 6.96. The number of anilines is 1. The Morgan fingerprint density at radius 1 is 1.33 bits per heavy atom. The number of aromatic nitrogens is 1. The molecule has 1 heterocycles. The minimum absolute atomic E-state index is 0.0957. The van der Waals surface area contributed by atoms with Gasteiger partial charge < -0.3 is 5.32 Å². The van der Waals surface area contributed by atoms with Gasteiger partial charge in [0.1, 0.15) is 0 Å². The summed E-state index contributed by atoms with van der Waals surface area (Å²) in [5, 5.41) is 3.64. The summed E-state index contributed by atoms with van der Waals surface area (Å²) in [7, 11) is 0. The molecule has 4 heteroatoms. The maximum Gasteiger partial charge on any atom is 0.229 e. The van der Waals surface area contributed by atoms with E-state index in [0.717, 1.165) is 29.5 Å². The Kier molecular flexibility index (Phi) is 3.11. The molecule has 0 saturated carbocycles. The van der Waals surface area contributed by atoms with Crippen LogP contribution in [0.15, 0.2) is 36.4 Å². The predicted octanol–water partition coefficient (Wildman–Crippen LogP) is 3.59. The number of nitrogens with one attached hydrogen (secondary N) is 1. The third-order valence-electron chi connectivity index (χ3n) is 3.16. The second-order valence-corrected chi connectivity index (χ2v) is 5.49. The summed E-state index contributed by atoms with van der Waals surface area (Å²) in [6.07, 6.45) is 7.01. The fourth-order valence-corrected chi connectivity index (χ4v) is 3.03. The fraction of sp³-hybridized carbons (Fsp3) is 0.286. The van der Waals surface area contributed by atoms with Crippen LogP contribution < -0.4 is 5.32 Å². The molecular weight excluding hydrogens is 244 g/mol. The Bertz CT molecular complexity index is 570. The second kappa shape index (κ2) is 4.90. The van der Waals surface area contributed by atoms with Crippen LogP contribution in [-0.4, -0.2) is 10.9 Å². The molecule has 1 N–H and O–H groups in total. The zero-order valence-corrected chi connectivity index (χ0v) is 10.7. The van der Waals surface area contributed by atoms with Gasteiger partial charge in [-0.2, -0.15) is 0 Å². The molecule has 1 amide bonds. The van der Waals surface area contributed by atoms with E-state index in [1.165, 1.54) is 11.3 Å². The molecule has 0 spiro atoms. The molecule has 1 aliphatic rings. The molecule has 0 unspecified atom stereocenters. The second-order valence-electron chi connectivity index (χ2n) is 4.46. The van der Waals surface area contributed by atoms with Gasteiger partial charge in [-0.05, 0) is 31.4 Å². The van der Waals surface area contributed by atoms with Crippen molar-refractivity contribution in [3.05, 3.63) is 36.4 Å². The van der Waals surface area contributed by atoms with Crippen molar-refractivity contribution in [2.75, 3.05) is 5.32 Å². The van der Waals surface area contributed by atoms with Crippen LogP contribution in [0.25, 0.3) is 10.2 Å². The molecule has 0 fully saturated rings. The van der Waals surface area contributed by atoms with Crippen LogP contribution in [0, 0.1) is 5.92 Å². The number of nitrogens with zero attached hydrogens (tertiary/aromatic N) is 1. The molecule has 1 atom stereocenters. The van der Waals surface area contributed by atoms with Crippen LogP contribution in [0.3, 0.4) is 0 Å². The summed E-state index contributed by atoms with van der Waals surface area (Å²) < 4.78 is 1.11. The molecule has 92 valence electrons. The maximum atomic E-state index is 12.1. The molecule has 0 bridgehead atoms. The molecule has 3 nitrogen and oxygen atoms in total. The van der Waals surface area contributed by atoms with Gasteiger partial charge in [-0.15, -0.1) is 0 Å². The van der Waals surface area contributed by atoms with E-state index in [0.29, 0.717) is 5.13 Å². The van der Waals surface area contributed by atoms with E-state index in [1.54, 1.807) is 0 Å². The molecule has 1 aliphatic carbocycles. The zero-order valence-electron chi connectivity index (χ0n) is 9.93. The number of benzene rings is 1. The van der Waals surface area contributed by atoms with Crippen LogP contribution in [-0.2, 0) is 4.79 Å². The molecule has 0 radical (unpaired) electrons. The first-order valence-electron chi connectivity index (χ1n) is 6.14. The number of carbonyl (C=O) groups excluding carboxylic acids is 1. The third kappa shape index (κ3) is 2.29. The minimum Gasteiger partial charge on any atom is -0.302 e. The van der Waals surface area contributed by atoms with E-state index in [9.17, 15) is 4.79 Å². The Morgan fingerprint density at radius 2 is 2.22 bits per heavy atom. The zero-order chi connectivity index (χ0) is 12.4. The normalized spacial score (nSPS) is 19.0. The molecular formula is C14H14N2OS. The van der Waals surface area contributed by atoms with Crippen molar-refractivity contribution in [1.82, 2.24) is 4.98 Å².